The molecule has 1 unspecified atom stereocenters. The fourth-order valence-corrected chi connectivity index (χ4v) is 1.85. The number of methoxy groups -OCH3 is 2. The third-order valence-electron chi connectivity index (χ3n) is 2.58. The van der Waals surface area contributed by atoms with Crippen LogP contribution in [0.15, 0.2) is 0 Å². The molecular weight excluding hydrogens is 212 g/mol. The van der Waals surface area contributed by atoms with E-state index in [4.69, 9.17) is 25.4 Å². The van der Waals surface area contributed by atoms with Gasteiger partial charge in [-0.1, -0.05) is 5.92 Å². The van der Waals surface area contributed by atoms with Gasteiger partial charge >= 0.3 is 0 Å². The summed E-state index contributed by atoms with van der Waals surface area (Å²) in [6, 6.07) is 0. The Bertz CT molecular complexity index is 249. The third kappa shape index (κ3) is 2.54. The molecule has 0 saturated carbocycles. The maximum absolute atomic E-state index is 9.70. The van der Waals surface area contributed by atoms with E-state index in [0.29, 0.717) is 6.61 Å². The van der Waals surface area contributed by atoms with Crippen LogP contribution in [-0.2, 0) is 18.9 Å². The molecule has 0 amide bonds. The highest BCUT2D eigenvalue weighted by Gasteiger charge is 2.46. The summed E-state index contributed by atoms with van der Waals surface area (Å²) >= 11 is 0. The molecule has 0 radical (unpaired) electrons. The lowest BCUT2D eigenvalue weighted by Gasteiger charge is -2.41. The highest BCUT2D eigenvalue weighted by Crippen LogP contribution is 2.25. The molecule has 5 atom stereocenters. The van der Waals surface area contributed by atoms with Crippen molar-refractivity contribution in [3.8, 4) is 12.3 Å². The predicted molar refractivity (Wildman–Crippen MR) is 56.7 cm³/mol. The van der Waals surface area contributed by atoms with Gasteiger partial charge in [0.25, 0.3) is 0 Å². The average molecular weight is 230 g/mol. The third-order valence-corrected chi connectivity index (χ3v) is 2.58. The molecule has 0 aromatic carbocycles. The summed E-state index contributed by atoms with van der Waals surface area (Å²) in [6.07, 6.45) is 2.09. The minimum absolute atomic E-state index is 0.440. The van der Waals surface area contributed by atoms with Gasteiger partial charge in [-0.05, 0) is 6.92 Å². The maximum atomic E-state index is 9.70. The lowest BCUT2D eigenvalue weighted by Crippen LogP contribution is -2.59. The van der Waals surface area contributed by atoms with Crippen LogP contribution in [0.3, 0.4) is 0 Å². The normalized spacial score (nSPS) is 39.3. The van der Waals surface area contributed by atoms with E-state index in [1.165, 1.54) is 14.2 Å². The molecule has 0 aromatic heterocycles. The van der Waals surface area contributed by atoms with Crippen LogP contribution in [0.1, 0.15) is 6.92 Å². The monoisotopic (exact) mass is 230 g/mol. The van der Waals surface area contributed by atoms with Gasteiger partial charge in [-0.2, -0.15) is 0 Å². The Morgan fingerprint density at radius 3 is 2.31 bits per heavy atom. The lowest BCUT2D eigenvalue weighted by molar-refractivity contribution is -0.286. The maximum Gasteiger partial charge on any atom is 0.185 e. The summed E-state index contributed by atoms with van der Waals surface area (Å²) < 4.78 is 21.1. The Hall–Kier alpha value is -0.640. The Morgan fingerprint density at radius 2 is 1.88 bits per heavy atom. The molecule has 1 aliphatic heterocycles. The van der Waals surface area contributed by atoms with Crippen LogP contribution in [-0.4, -0.2) is 56.6 Å². The highest BCUT2D eigenvalue weighted by atomic mass is 16.7. The molecule has 0 aliphatic carbocycles. The van der Waals surface area contributed by atoms with E-state index in [2.05, 4.69) is 5.92 Å². The number of hydrogen-bond acceptors (Lipinski definition) is 5. The second-order valence-corrected chi connectivity index (χ2v) is 3.43. The van der Waals surface area contributed by atoms with E-state index < -0.39 is 30.7 Å². The summed E-state index contributed by atoms with van der Waals surface area (Å²) in [5.74, 6) is 2.43. The molecule has 0 bridgehead atoms. The summed E-state index contributed by atoms with van der Waals surface area (Å²) in [7, 11) is 3.00. The SMILES string of the molecule is C#C[C@@H]1OC(O)[C@H](OC)[C@H](OCC)[C@H]1OC. The standard InChI is InChI=1S/C11H18O5/c1-5-7-8(13-3)9(15-6-2)10(14-4)11(12)16-7/h1,7-12H,6H2,2-4H3/t7-,8-,9+,10+,11?/m0/s1. The molecule has 5 nitrogen and oxygen atoms in total. The quantitative estimate of drug-likeness (QED) is 0.676. The minimum atomic E-state index is -1.10. The number of terminal acetylenes is 1. The van der Waals surface area contributed by atoms with Crippen LogP contribution in [0, 0.1) is 12.3 Å². The molecule has 1 N–H and O–H groups in total. The van der Waals surface area contributed by atoms with Crippen molar-refractivity contribution in [1.82, 2.24) is 0 Å². The first-order valence-corrected chi connectivity index (χ1v) is 5.16. The van der Waals surface area contributed by atoms with Gasteiger partial charge < -0.3 is 24.1 Å². The zero-order valence-corrected chi connectivity index (χ0v) is 9.75. The van der Waals surface area contributed by atoms with Crippen molar-refractivity contribution < 1.29 is 24.1 Å². The number of rotatable bonds is 4. The highest BCUT2D eigenvalue weighted by molar-refractivity contribution is 5.06. The summed E-state index contributed by atoms with van der Waals surface area (Å²) in [5, 5.41) is 9.70. The summed E-state index contributed by atoms with van der Waals surface area (Å²) in [4.78, 5) is 0. The van der Waals surface area contributed by atoms with Crippen LogP contribution in [0.25, 0.3) is 0 Å². The van der Waals surface area contributed by atoms with Gasteiger partial charge in [0.05, 0.1) is 0 Å². The number of aliphatic hydroxyl groups excluding tert-OH is 1. The van der Waals surface area contributed by atoms with Gasteiger partial charge in [-0.15, -0.1) is 6.42 Å². The zero-order chi connectivity index (χ0) is 12.1. The summed E-state index contributed by atoms with van der Waals surface area (Å²) in [6.45, 7) is 2.33. The first-order valence-electron chi connectivity index (χ1n) is 5.16. The van der Waals surface area contributed by atoms with E-state index >= 15 is 0 Å². The molecule has 1 heterocycles. The fourth-order valence-electron chi connectivity index (χ4n) is 1.85. The van der Waals surface area contributed by atoms with Crippen LogP contribution in [0.2, 0.25) is 0 Å². The first kappa shape index (κ1) is 13.4. The van der Waals surface area contributed by atoms with Crippen molar-refractivity contribution in [3.05, 3.63) is 0 Å². The Morgan fingerprint density at radius 1 is 1.25 bits per heavy atom. The molecule has 1 aliphatic rings. The minimum Gasteiger partial charge on any atom is -0.375 e. The van der Waals surface area contributed by atoms with E-state index in [1.54, 1.807) is 0 Å². The Kier molecular flexibility index (Phi) is 5.19. The van der Waals surface area contributed by atoms with Gasteiger partial charge in [-0.3, -0.25) is 0 Å². The lowest BCUT2D eigenvalue weighted by atomic mass is 9.98. The van der Waals surface area contributed by atoms with Crippen molar-refractivity contribution in [2.24, 2.45) is 0 Å². The van der Waals surface area contributed by atoms with E-state index in [9.17, 15) is 5.11 Å². The van der Waals surface area contributed by atoms with E-state index in [-0.39, 0.29) is 0 Å². The molecule has 0 aromatic rings. The zero-order valence-electron chi connectivity index (χ0n) is 9.75. The number of aliphatic hydroxyl groups is 1. The van der Waals surface area contributed by atoms with Gasteiger partial charge in [0.15, 0.2) is 6.29 Å². The number of ether oxygens (including phenoxy) is 4. The van der Waals surface area contributed by atoms with Crippen LogP contribution >= 0.6 is 0 Å². The molecule has 16 heavy (non-hydrogen) atoms. The second kappa shape index (κ2) is 6.18. The molecule has 1 saturated heterocycles. The van der Waals surface area contributed by atoms with Crippen LogP contribution in [0.5, 0.6) is 0 Å². The second-order valence-electron chi connectivity index (χ2n) is 3.43. The smallest absolute Gasteiger partial charge is 0.185 e. The van der Waals surface area contributed by atoms with Crippen molar-refractivity contribution in [3.63, 3.8) is 0 Å². The van der Waals surface area contributed by atoms with Gasteiger partial charge in [0.1, 0.15) is 24.4 Å². The Labute approximate surface area is 95.6 Å². The summed E-state index contributed by atoms with van der Waals surface area (Å²) in [5.41, 5.74) is 0. The van der Waals surface area contributed by atoms with Crippen molar-refractivity contribution >= 4 is 0 Å². The van der Waals surface area contributed by atoms with Crippen molar-refractivity contribution in [1.29, 1.82) is 0 Å². The van der Waals surface area contributed by atoms with Crippen LogP contribution in [0.4, 0.5) is 0 Å². The first-order chi connectivity index (χ1) is 7.69. The molecule has 1 rings (SSSR count). The van der Waals surface area contributed by atoms with E-state index in [1.807, 2.05) is 6.92 Å². The molecule has 92 valence electrons. The van der Waals surface area contributed by atoms with Gasteiger partial charge in [-0.25, -0.2) is 0 Å². The topological polar surface area (TPSA) is 57.2 Å². The van der Waals surface area contributed by atoms with Crippen molar-refractivity contribution in [2.45, 2.75) is 37.6 Å². The fraction of sp³-hybridized carbons (Fsp3) is 0.818. The van der Waals surface area contributed by atoms with Crippen LogP contribution < -0.4 is 0 Å². The molecule has 1 fully saturated rings. The van der Waals surface area contributed by atoms with Crippen molar-refractivity contribution in [2.75, 3.05) is 20.8 Å². The van der Waals surface area contributed by atoms with Gasteiger partial charge in [0.2, 0.25) is 0 Å². The average Bonchev–Trinajstić information content (AvgIpc) is 2.29. The Balaban J connectivity index is 2.86. The largest absolute Gasteiger partial charge is 0.375 e. The molecular formula is C11H18O5. The molecule has 5 heteroatoms. The van der Waals surface area contributed by atoms with E-state index in [0.717, 1.165) is 0 Å². The van der Waals surface area contributed by atoms with Gasteiger partial charge in [0, 0.05) is 20.8 Å². The molecule has 0 spiro atoms. The predicted octanol–water partition coefficient (Wildman–Crippen LogP) is -0.228. The number of hydrogen-bond donors (Lipinski definition) is 1.